The van der Waals surface area contributed by atoms with Crippen molar-refractivity contribution >= 4 is 11.6 Å². The Labute approximate surface area is 173 Å². The minimum absolute atomic E-state index is 0.148. The first-order valence-electron chi connectivity index (χ1n) is 10.1. The number of hydrogen-bond donors (Lipinski definition) is 1. The molecule has 1 saturated heterocycles. The van der Waals surface area contributed by atoms with Crippen molar-refractivity contribution < 1.29 is 14.3 Å². The number of amides is 1. The average molecular weight is 398 g/mol. The van der Waals surface area contributed by atoms with E-state index in [2.05, 4.69) is 42.3 Å². The largest absolute Gasteiger partial charge is 0.497 e. The van der Waals surface area contributed by atoms with E-state index in [9.17, 15) is 4.79 Å². The molecular formula is C23H31N3O3. The minimum atomic E-state index is 0.148. The number of nitrogens with one attached hydrogen (secondary N) is 1. The monoisotopic (exact) mass is 397 g/mol. The maximum absolute atomic E-state index is 12.5. The van der Waals surface area contributed by atoms with Crippen LogP contribution in [0.2, 0.25) is 0 Å². The van der Waals surface area contributed by atoms with E-state index >= 15 is 0 Å². The fourth-order valence-corrected chi connectivity index (χ4v) is 3.50. The van der Waals surface area contributed by atoms with Crippen molar-refractivity contribution in [2.75, 3.05) is 57.9 Å². The maximum atomic E-state index is 12.5. The van der Waals surface area contributed by atoms with Crippen molar-refractivity contribution in [3.63, 3.8) is 0 Å². The Morgan fingerprint density at radius 3 is 2.38 bits per heavy atom. The summed E-state index contributed by atoms with van der Waals surface area (Å²) < 4.78 is 10.8. The number of carbonyl (C=O) groups is 1. The topological polar surface area (TPSA) is 54.0 Å². The molecule has 0 atom stereocenters. The van der Waals surface area contributed by atoms with Crippen LogP contribution in [-0.4, -0.2) is 63.8 Å². The lowest BCUT2D eigenvalue weighted by atomic mass is 10.1. The van der Waals surface area contributed by atoms with E-state index in [1.165, 1.54) is 16.8 Å². The zero-order valence-corrected chi connectivity index (χ0v) is 17.6. The molecule has 0 aromatic heterocycles. The van der Waals surface area contributed by atoms with Gasteiger partial charge >= 0.3 is 0 Å². The maximum Gasteiger partial charge on any atom is 0.236 e. The number of rotatable bonds is 8. The Balaban J connectivity index is 1.35. The first-order chi connectivity index (χ1) is 14.1. The van der Waals surface area contributed by atoms with Crippen LogP contribution in [0.3, 0.4) is 0 Å². The number of aryl methyl sites for hydroxylation is 1. The highest BCUT2D eigenvalue weighted by atomic mass is 16.5. The van der Waals surface area contributed by atoms with Gasteiger partial charge in [-0.1, -0.05) is 12.1 Å². The van der Waals surface area contributed by atoms with Gasteiger partial charge in [0.2, 0.25) is 5.91 Å². The molecule has 0 radical (unpaired) electrons. The van der Waals surface area contributed by atoms with E-state index in [0.29, 0.717) is 19.7 Å². The van der Waals surface area contributed by atoms with Crippen LogP contribution in [0.5, 0.6) is 11.5 Å². The number of nitrogens with zero attached hydrogens (tertiary/aromatic N) is 2. The lowest BCUT2D eigenvalue weighted by Gasteiger charge is -2.37. The van der Waals surface area contributed by atoms with Crippen molar-refractivity contribution in [3.8, 4) is 11.5 Å². The van der Waals surface area contributed by atoms with Gasteiger partial charge in [0.1, 0.15) is 18.1 Å². The number of anilines is 1. The fourth-order valence-electron chi connectivity index (χ4n) is 3.50. The Morgan fingerprint density at radius 1 is 1.00 bits per heavy atom. The lowest BCUT2D eigenvalue weighted by molar-refractivity contribution is -0.130. The number of methoxy groups -OCH3 is 1. The van der Waals surface area contributed by atoms with E-state index in [0.717, 1.165) is 37.7 Å². The number of carbonyl (C=O) groups excluding carboxylic acids is 1. The summed E-state index contributed by atoms with van der Waals surface area (Å²) >= 11 is 0. The van der Waals surface area contributed by atoms with Crippen molar-refractivity contribution in [3.05, 3.63) is 53.6 Å². The Hall–Kier alpha value is -2.73. The van der Waals surface area contributed by atoms with E-state index in [4.69, 9.17) is 9.47 Å². The van der Waals surface area contributed by atoms with Crippen LogP contribution >= 0.6 is 0 Å². The highest BCUT2D eigenvalue weighted by molar-refractivity contribution is 5.78. The summed E-state index contributed by atoms with van der Waals surface area (Å²) in [6.07, 6.45) is 0. The predicted molar refractivity (Wildman–Crippen MR) is 116 cm³/mol. The van der Waals surface area contributed by atoms with Crippen molar-refractivity contribution in [2.24, 2.45) is 0 Å². The Bertz CT molecular complexity index is 800. The fraction of sp³-hybridized carbons (Fsp3) is 0.435. The van der Waals surface area contributed by atoms with Crippen LogP contribution in [0.25, 0.3) is 0 Å². The summed E-state index contributed by atoms with van der Waals surface area (Å²) in [5.41, 5.74) is 3.92. The highest BCUT2D eigenvalue weighted by Crippen LogP contribution is 2.23. The molecule has 6 heteroatoms. The second kappa shape index (κ2) is 10.2. The average Bonchev–Trinajstić information content (AvgIpc) is 2.76. The second-order valence-corrected chi connectivity index (χ2v) is 7.29. The first kappa shape index (κ1) is 21.0. The molecule has 0 unspecified atom stereocenters. The summed E-state index contributed by atoms with van der Waals surface area (Å²) in [4.78, 5) is 16.8. The number of ether oxygens (including phenoxy) is 2. The van der Waals surface area contributed by atoms with E-state index in [1.54, 1.807) is 7.11 Å². The van der Waals surface area contributed by atoms with E-state index in [1.807, 2.05) is 29.2 Å². The Kier molecular flexibility index (Phi) is 7.36. The molecule has 6 nitrogen and oxygen atoms in total. The van der Waals surface area contributed by atoms with Crippen molar-refractivity contribution in [1.82, 2.24) is 10.2 Å². The van der Waals surface area contributed by atoms with Gasteiger partial charge in [0, 0.05) is 38.4 Å². The molecule has 0 aliphatic carbocycles. The quantitative estimate of drug-likeness (QED) is 0.694. The van der Waals surface area contributed by atoms with Gasteiger partial charge in [-0.15, -0.1) is 0 Å². The summed E-state index contributed by atoms with van der Waals surface area (Å²) in [6.45, 7) is 9.05. The SMILES string of the molecule is COc1ccc(OCCNCC(=O)N2CCN(c3cccc(C)c3C)CC2)cc1. The smallest absolute Gasteiger partial charge is 0.236 e. The van der Waals surface area contributed by atoms with E-state index in [-0.39, 0.29) is 5.91 Å². The third kappa shape index (κ3) is 5.64. The second-order valence-electron chi connectivity index (χ2n) is 7.29. The molecular weight excluding hydrogens is 366 g/mol. The van der Waals surface area contributed by atoms with Crippen LogP contribution in [-0.2, 0) is 4.79 Å². The standard InChI is InChI=1S/C23H31N3O3/c1-18-5-4-6-22(19(18)2)25-12-14-26(15-13-25)23(27)17-24-11-16-29-21-9-7-20(28-3)8-10-21/h4-10,24H,11-17H2,1-3H3. The third-order valence-electron chi connectivity index (χ3n) is 5.43. The van der Waals surface area contributed by atoms with Gasteiger partial charge in [-0.25, -0.2) is 0 Å². The highest BCUT2D eigenvalue weighted by Gasteiger charge is 2.21. The molecule has 0 saturated carbocycles. The molecule has 1 N–H and O–H groups in total. The van der Waals surface area contributed by atoms with Crippen molar-refractivity contribution in [1.29, 1.82) is 0 Å². The minimum Gasteiger partial charge on any atom is -0.497 e. The summed E-state index contributed by atoms with van der Waals surface area (Å²) in [5, 5.41) is 3.18. The lowest BCUT2D eigenvalue weighted by Crippen LogP contribution is -2.51. The molecule has 1 fully saturated rings. The van der Waals surface area contributed by atoms with Crippen LogP contribution in [0.4, 0.5) is 5.69 Å². The molecule has 29 heavy (non-hydrogen) atoms. The third-order valence-corrected chi connectivity index (χ3v) is 5.43. The summed E-state index contributed by atoms with van der Waals surface area (Å²) in [6, 6.07) is 13.9. The summed E-state index contributed by atoms with van der Waals surface area (Å²) in [5.74, 6) is 1.75. The van der Waals surface area contributed by atoms with Gasteiger partial charge in [-0.2, -0.15) is 0 Å². The van der Waals surface area contributed by atoms with Gasteiger partial charge in [0.05, 0.1) is 13.7 Å². The van der Waals surface area contributed by atoms with Gasteiger partial charge in [0.25, 0.3) is 0 Å². The van der Waals surface area contributed by atoms with Crippen LogP contribution in [0, 0.1) is 13.8 Å². The number of piperazine rings is 1. The molecule has 0 bridgehead atoms. The molecule has 1 amide bonds. The first-order valence-corrected chi connectivity index (χ1v) is 10.1. The van der Waals surface area contributed by atoms with Crippen LogP contribution in [0.15, 0.2) is 42.5 Å². The van der Waals surface area contributed by atoms with E-state index < -0.39 is 0 Å². The zero-order chi connectivity index (χ0) is 20.6. The predicted octanol–water partition coefficient (Wildman–Crippen LogP) is 2.63. The molecule has 1 heterocycles. The molecule has 156 valence electrons. The number of hydrogen-bond acceptors (Lipinski definition) is 5. The van der Waals surface area contributed by atoms with Crippen molar-refractivity contribution in [2.45, 2.75) is 13.8 Å². The van der Waals surface area contributed by atoms with Gasteiger partial charge in [-0.05, 0) is 55.3 Å². The van der Waals surface area contributed by atoms with Crippen LogP contribution < -0.4 is 19.7 Å². The number of benzene rings is 2. The molecule has 0 spiro atoms. The molecule has 3 rings (SSSR count). The summed E-state index contributed by atoms with van der Waals surface area (Å²) in [7, 11) is 1.64. The van der Waals surface area contributed by atoms with Gasteiger partial charge < -0.3 is 24.6 Å². The van der Waals surface area contributed by atoms with Gasteiger partial charge in [0.15, 0.2) is 0 Å². The zero-order valence-electron chi connectivity index (χ0n) is 17.6. The van der Waals surface area contributed by atoms with Crippen LogP contribution in [0.1, 0.15) is 11.1 Å². The Morgan fingerprint density at radius 2 is 1.69 bits per heavy atom. The molecule has 2 aromatic carbocycles. The normalized spacial score (nSPS) is 14.0. The molecule has 1 aliphatic rings. The molecule has 1 aliphatic heterocycles. The molecule has 2 aromatic rings. The van der Waals surface area contributed by atoms with Gasteiger partial charge in [-0.3, -0.25) is 4.79 Å².